The Kier molecular flexibility index (Phi) is 6.68. The predicted octanol–water partition coefficient (Wildman–Crippen LogP) is 8.84. The molecule has 0 aliphatic rings. The van der Waals surface area contributed by atoms with E-state index in [0.29, 0.717) is 44.6 Å². The first kappa shape index (κ1) is 23.9. The zero-order chi connectivity index (χ0) is 25.2. The summed E-state index contributed by atoms with van der Waals surface area (Å²) < 4.78 is 11.7. The highest BCUT2D eigenvalue weighted by molar-refractivity contribution is 6.43. The Balaban J connectivity index is 1.29. The van der Waals surface area contributed by atoms with Crippen LogP contribution in [0.15, 0.2) is 87.7 Å². The minimum absolute atomic E-state index is 0.301. The lowest BCUT2D eigenvalue weighted by Crippen LogP contribution is -2.07. The summed E-state index contributed by atoms with van der Waals surface area (Å²) in [5, 5.41) is 3.72. The van der Waals surface area contributed by atoms with Gasteiger partial charge >= 0.3 is 0 Å². The van der Waals surface area contributed by atoms with Gasteiger partial charge in [0, 0.05) is 22.9 Å². The molecule has 0 fully saturated rings. The Labute approximate surface area is 218 Å². The van der Waals surface area contributed by atoms with Crippen LogP contribution in [-0.2, 0) is 4.79 Å². The van der Waals surface area contributed by atoms with Gasteiger partial charge in [0.25, 0.3) is 0 Å². The maximum Gasteiger partial charge on any atom is 0.248 e. The number of nitrogens with zero attached hydrogens (tertiary/aromatic N) is 1. The monoisotopic (exact) mass is 516 g/mol. The molecule has 5 aromatic rings. The van der Waals surface area contributed by atoms with Crippen LogP contribution in [0.3, 0.4) is 0 Å². The summed E-state index contributed by atoms with van der Waals surface area (Å²) >= 11 is 12.4. The highest BCUT2D eigenvalue weighted by Crippen LogP contribution is 2.34. The second-order valence-corrected chi connectivity index (χ2v) is 9.39. The summed E-state index contributed by atoms with van der Waals surface area (Å²) in [6.07, 6.45) is 3.00. The zero-order valence-corrected chi connectivity index (χ0v) is 21.1. The number of benzene rings is 3. The molecule has 2 heterocycles. The Morgan fingerprint density at radius 1 is 0.972 bits per heavy atom. The summed E-state index contributed by atoms with van der Waals surface area (Å²) in [5.74, 6) is 1.68. The summed E-state index contributed by atoms with van der Waals surface area (Å²) in [7, 11) is 0. The molecule has 0 aliphatic heterocycles. The van der Waals surface area contributed by atoms with Crippen LogP contribution >= 0.6 is 23.2 Å². The average Bonchev–Trinajstić information content (AvgIpc) is 3.51. The highest BCUT2D eigenvalue weighted by atomic mass is 35.5. The molecule has 0 bridgehead atoms. The molecule has 5 nitrogen and oxygen atoms in total. The van der Waals surface area contributed by atoms with Gasteiger partial charge in [-0.25, -0.2) is 4.98 Å². The molecular formula is C29H22Cl2N2O3. The second kappa shape index (κ2) is 10.1. The largest absolute Gasteiger partial charge is 0.457 e. The Morgan fingerprint density at radius 3 is 2.64 bits per heavy atom. The number of carbonyl (C=O) groups excluding carboxylic acids is 1. The fraction of sp³-hybridized carbons (Fsp3) is 0.103. The topological polar surface area (TPSA) is 68.3 Å². The Hall–Kier alpha value is -3.80. The first-order chi connectivity index (χ1) is 17.4. The van der Waals surface area contributed by atoms with E-state index in [4.69, 9.17) is 32.0 Å². The zero-order valence-electron chi connectivity index (χ0n) is 19.6. The van der Waals surface area contributed by atoms with Crippen molar-refractivity contribution >= 4 is 52.0 Å². The molecule has 0 radical (unpaired) electrons. The fourth-order valence-corrected chi connectivity index (χ4v) is 4.17. The number of halogens is 2. The summed E-state index contributed by atoms with van der Waals surface area (Å²) in [4.78, 5) is 17.2. The molecule has 0 spiro atoms. The van der Waals surface area contributed by atoms with Crippen molar-refractivity contribution in [1.82, 2.24) is 4.98 Å². The summed E-state index contributed by atoms with van der Waals surface area (Å²) in [6.45, 7) is 4.28. The van der Waals surface area contributed by atoms with Gasteiger partial charge in [-0.15, -0.1) is 0 Å². The number of amides is 1. The first-order valence-electron chi connectivity index (χ1n) is 11.4. The molecule has 7 heteroatoms. The average molecular weight is 517 g/mol. The number of anilines is 1. The molecule has 1 amide bonds. The predicted molar refractivity (Wildman–Crippen MR) is 145 cm³/mol. The number of aromatic nitrogens is 1. The SMILES string of the molecule is CC(C)c1ccc2oc(-c3cccc(NC(=O)C=Cc4ccc(-c5cccc(Cl)c5Cl)o4)c3)nc2c1. The van der Waals surface area contributed by atoms with Crippen molar-refractivity contribution in [3.8, 4) is 22.8 Å². The van der Waals surface area contributed by atoms with E-state index in [9.17, 15) is 4.79 Å². The number of oxazole rings is 1. The number of nitrogens with one attached hydrogen (secondary N) is 1. The highest BCUT2D eigenvalue weighted by Gasteiger charge is 2.12. The number of carbonyl (C=O) groups is 1. The van der Waals surface area contributed by atoms with Gasteiger partial charge in [-0.05, 0) is 72.2 Å². The lowest BCUT2D eigenvalue weighted by Gasteiger charge is -2.03. The van der Waals surface area contributed by atoms with Gasteiger partial charge in [-0.3, -0.25) is 4.79 Å². The van der Waals surface area contributed by atoms with E-state index in [1.807, 2.05) is 36.4 Å². The maximum absolute atomic E-state index is 12.5. The molecule has 36 heavy (non-hydrogen) atoms. The number of rotatable bonds is 6. The van der Waals surface area contributed by atoms with E-state index >= 15 is 0 Å². The number of hydrogen-bond donors (Lipinski definition) is 1. The standard InChI is InChI=1S/C29H22Cl2N2O3/c1-17(2)18-9-12-26-24(16-18)33-29(36-26)19-5-3-6-20(15-19)32-27(34)14-11-21-10-13-25(35-21)22-7-4-8-23(30)28(22)31/h3-17H,1-2H3,(H,32,34). The Bertz CT molecular complexity index is 1600. The van der Waals surface area contributed by atoms with E-state index < -0.39 is 0 Å². The summed E-state index contributed by atoms with van der Waals surface area (Å²) in [5.41, 5.74) is 4.82. The minimum atomic E-state index is -0.301. The summed E-state index contributed by atoms with van der Waals surface area (Å²) in [6, 6.07) is 22.3. The van der Waals surface area contributed by atoms with E-state index in [2.05, 4.69) is 30.2 Å². The molecule has 1 N–H and O–H groups in total. The molecule has 180 valence electrons. The van der Waals surface area contributed by atoms with Crippen molar-refractivity contribution in [1.29, 1.82) is 0 Å². The third kappa shape index (κ3) is 5.08. The van der Waals surface area contributed by atoms with Gasteiger partial charge in [0.1, 0.15) is 17.0 Å². The van der Waals surface area contributed by atoms with Gasteiger partial charge in [-0.2, -0.15) is 0 Å². The van der Waals surface area contributed by atoms with Crippen LogP contribution in [0.1, 0.15) is 31.1 Å². The van der Waals surface area contributed by atoms with E-state index in [-0.39, 0.29) is 5.91 Å². The quantitative estimate of drug-likeness (QED) is 0.229. The third-order valence-electron chi connectivity index (χ3n) is 5.70. The van der Waals surface area contributed by atoms with Gasteiger partial charge < -0.3 is 14.2 Å². The van der Waals surface area contributed by atoms with Crippen molar-refractivity contribution in [3.63, 3.8) is 0 Å². The van der Waals surface area contributed by atoms with E-state index in [1.165, 1.54) is 11.6 Å². The van der Waals surface area contributed by atoms with Crippen LogP contribution in [0.25, 0.3) is 40.0 Å². The maximum atomic E-state index is 12.5. The van der Waals surface area contributed by atoms with Crippen molar-refractivity contribution in [2.24, 2.45) is 0 Å². The van der Waals surface area contributed by atoms with E-state index in [1.54, 1.807) is 36.4 Å². The van der Waals surface area contributed by atoms with Crippen molar-refractivity contribution in [3.05, 3.63) is 100 Å². The van der Waals surface area contributed by atoms with Crippen molar-refractivity contribution in [2.45, 2.75) is 19.8 Å². The molecule has 0 atom stereocenters. The third-order valence-corrected chi connectivity index (χ3v) is 6.52. The van der Waals surface area contributed by atoms with Crippen LogP contribution in [0.2, 0.25) is 10.0 Å². The molecule has 0 unspecified atom stereocenters. The lowest BCUT2D eigenvalue weighted by atomic mass is 10.0. The van der Waals surface area contributed by atoms with Crippen molar-refractivity contribution in [2.75, 3.05) is 5.32 Å². The van der Waals surface area contributed by atoms with E-state index in [0.717, 1.165) is 16.7 Å². The minimum Gasteiger partial charge on any atom is -0.457 e. The first-order valence-corrected chi connectivity index (χ1v) is 12.2. The molecule has 0 saturated carbocycles. The van der Waals surface area contributed by atoms with Gasteiger partial charge in [0.2, 0.25) is 11.8 Å². The van der Waals surface area contributed by atoms with Gasteiger partial charge in [0.15, 0.2) is 5.58 Å². The second-order valence-electron chi connectivity index (χ2n) is 8.61. The van der Waals surface area contributed by atoms with Crippen LogP contribution in [0, 0.1) is 0 Å². The normalized spacial score (nSPS) is 11.6. The van der Waals surface area contributed by atoms with Crippen LogP contribution < -0.4 is 5.32 Å². The Morgan fingerprint density at radius 2 is 1.81 bits per heavy atom. The number of fused-ring (bicyclic) bond motifs is 1. The molecular weight excluding hydrogens is 495 g/mol. The molecule has 2 aromatic heterocycles. The number of furan rings is 1. The molecule has 0 aliphatic carbocycles. The smallest absolute Gasteiger partial charge is 0.248 e. The molecule has 3 aromatic carbocycles. The van der Waals surface area contributed by atoms with Crippen LogP contribution in [0.4, 0.5) is 5.69 Å². The van der Waals surface area contributed by atoms with Crippen LogP contribution in [0.5, 0.6) is 0 Å². The lowest BCUT2D eigenvalue weighted by molar-refractivity contribution is -0.111. The van der Waals surface area contributed by atoms with Gasteiger partial charge in [0.05, 0.1) is 10.0 Å². The molecule has 5 rings (SSSR count). The number of hydrogen-bond acceptors (Lipinski definition) is 4. The van der Waals surface area contributed by atoms with Gasteiger partial charge in [-0.1, -0.05) is 55.2 Å². The van der Waals surface area contributed by atoms with Crippen molar-refractivity contribution < 1.29 is 13.6 Å². The van der Waals surface area contributed by atoms with Crippen LogP contribution in [-0.4, -0.2) is 10.9 Å². The fourth-order valence-electron chi connectivity index (χ4n) is 3.78. The molecule has 0 saturated heterocycles.